The summed E-state index contributed by atoms with van der Waals surface area (Å²) in [6.07, 6.45) is 2.25. The fourth-order valence-electron chi connectivity index (χ4n) is 5.14. The lowest BCUT2D eigenvalue weighted by Crippen LogP contribution is -2.32. The van der Waals surface area contributed by atoms with E-state index < -0.39 is 0 Å². The average Bonchev–Trinajstić information content (AvgIpc) is 3.08. The highest BCUT2D eigenvalue weighted by Crippen LogP contribution is 2.40. The first kappa shape index (κ1) is 24.0. The summed E-state index contributed by atoms with van der Waals surface area (Å²) >= 11 is 0. The van der Waals surface area contributed by atoms with Gasteiger partial charge in [-0.3, -0.25) is 0 Å². The molecular formula is C32H39N2+. The number of aromatic nitrogens is 2. The molecule has 2 aromatic heterocycles. The molecule has 0 saturated carbocycles. The van der Waals surface area contributed by atoms with Gasteiger partial charge in [0.25, 0.3) is 0 Å². The first-order chi connectivity index (χ1) is 16.1. The van der Waals surface area contributed by atoms with Crippen LogP contribution in [-0.4, -0.2) is 4.57 Å². The van der Waals surface area contributed by atoms with Crippen LogP contribution in [0.25, 0.3) is 28.2 Å². The zero-order valence-corrected chi connectivity index (χ0v) is 22.3. The molecule has 4 aromatic rings. The van der Waals surface area contributed by atoms with E-state index in [0.717, 1.165) is 0 Å². The van der Waals surface area contributed by atoms with E-state index in [1.165, 1.54) is 61.7 Å². The number of hydrogen-bond acceptors (Lipinski definition) is 0. The fraction of sp³-hybridized carbons (Fsp3) is 0.344. The number of aryl methyl sites for hydroxylation is 5. The molecule has 0 aliphatic carbocycles. The van der Waals surface area contributed by atoms with Crippen LogP contribution < -0.4 is 4.57 Å². The van der Waals surface area contributed by atoms with Gasteiger partial charge in [-0.05, 0) is 91.1 Å². The van der Waals surface area contributed by atoms with Crippen molar-refractivity contribution in [2.24, 2.45) is 7.05 Å². The quantitative estimate of drug-likeness (QED) is 0.271. The molecule has 0 bridgehead atoms. The first-order valence-corrected chi connectivity index (χ1v) is 12.5. The van der Waals surface area contributed by atoms with Crippen LogP contribution in [-0.2, 0) is 7.05 Å². The summed E-state index contributed by atoms with van der Waals surface area (Å²) in [5, 5.41) is 0. The maximum absolute atomic E-state index is 2.53. The molecule has 0 aliphatic heterocycles. The number of nitrogens with zero attached hydrogens (tertiary/aromatic N) is 2. The second-order valence-electron chi connectivity index (χ2n) is 10.5. The Morgan fingerprint density at radius 1 is 0.676 bits per heavy atom. The van der Waals surface area contributed by atoms with Gasteiger partial charge in [0, 0.05) is 17.3 Å². The Morgan fingerprint density at radius 3 is 1.82 bits per heavy atom. The first-order valence-electron chi connectivity index (χ1n) is 12.5. The molecule has 0 N–H and O–H groups in total. The van der Waals surface area contributed by atoms with Crippen LogP contribution in [0.2, 0.25) is 0 Å². The molecule has 0 fully saturated rings. The molecule has 176 valence electrons. The van der Waals surface area contributed by atoms with Gasteiger partial charge >= 0.3 is 0 Å². The van der Waals surface area contributed by atoms with Crippen molar-refractivity contribution in [2.75, 3.05) is 0 Å². The summed E-state index contributed by atoms with van der Waals surface area (Å²) in [7, 11) is 2.17. The Hall–Kier alpha value is -3.13. The number of pyridine rings is 1. The predicted octanol–water partition coefficient (Wildman–Crippen LogP) is 8.12. The van der Waals surface area contributed by atoms with Crippen molar-refractivity contribution in [3.63, 3.8) is 0 Å². The van der Waals surface area contributed by atoms with Gasteiger partial charge in [-0.25, -0.2) is 0 Å². The summed E-state index contributed by atoms with van der Waals surface area (Å²) < 4.78 is 4.81. The molecule has 0 atom stereocenters. The van der Waals surface area contributed by atoms with Gasteiger partial charge in [0.05, 0.1) is 5.69 Å². The Balaban J connectivity index is 2.09. The number of rotatable bonds is 5. The van der Waals surface area contributed by atoms with Crippen LogP contribution in [0.5, 0.6) is 0 Å². The van der Waals surface area contributed by atoms with E-state index in [2.05, 4.69) is 132 Å². The van der Waals surface area contributed by atoms with Crippen molar-refractivity contribution in [3.8, 4) is 28.2 Å². The van der Waals surface area contributed by atoms with Crippen molar-refractivity contribution >= 4 is 0 Å². The lowest BCUT2D eigenvalue weighted by Gasteiger charge is -2.25. The van der Waals surface area contributed by atoms with Crippen LogP contribution >= 0.6 is 0 Å². The van der Waals surface area contributed by atoms with Crippen LogP contribution in [0.15, 0.2) is 60.8 Å². The van der Waals surface area contributed by atoms with Gasteiger partial charge in [0.15, 0.2) is 6.20 Å². The van der Waals surface area contributed by atoms with E-state index in [9.17, 15) is 0 Å². The smallest absolute Gasteiger partial charge is 0.229 e. The molecule has 2 heteroatoms. The maximum Gasteiger partial charge on any atom is 0.229 e. The minimum Gasteiger partial charge on any atom is -0.308 e. The van der Waals surface area contributed by atoms with E-state index in [-0.39, 0.29) is 0 Å². The van der Waals surface area contributed by atoms with E-state index in [1.807, 2.05) is 0 Å². The Labute approximate surface area is 205 Å². The molecular weight excluding hydrogens is 412 g/mol. The lowest BCUT2D eigenvalue weighted by atomic mass is 9.88. The third kappa shape index (κ3) is 4.22. The number of hydrogen-bond donors (Lipinski definition) is 0. The van der Waals surface area contributed by atoms with E-state index in [4.69, 9.17) is 0 Å². The fourth-order valence-corrected chi connectivity index (χ4v) is 5.14. The topological polar surface area (TPSA) is 8.81 Å². The second kappa shape index (κ2) is 9.25. The normalized spacial score (nSPS) is 11.6. The maximum atomic E-state index is 2.53. The van der Waals surface area contributed by atoms with Crippen molar-refractivity contribution < 1.29 is 4.57 Å². The highest BCUT2D eigenvalue weighted by molar-refractivity contribution is 5.73. The Kier molecular flexibility index (Phi) is 6.53. The SMILES string of the molecule is Cc1cc(-c2c(C)cc(C)n2-c2c(C(C)C)cc(-c3ccccc3)cc2C(C)C)[n+](C)cc1C. The molecule has 0 aliphatic rings. The summed E-state index contributed by atoms with van der Waals surface area (Å²) in [5.74, 6) is 0.805. The summed E-state index contributed by atoms with van der Waals surface area (Å²) in [4.78, 5) is 0. The average molecular weight is 452 g/mol. The van der Waals surface area contributed by atoms with Gasteiger partial charge in [0.1, 0.15) is 12.7 Å². The zero-order chi connectivity index (χ0) is 24.7. The number of benzene rings is 2. The minimum atomic E-state index is 0.402. The standard InChI is InChI=1S/C32H39N2/c1-20(2)28-17-27(26-13-11-10-12-14-26)18-29(21(3)4)32(28)34-25(8)15-23(6)31(34)30-16-22(5)24(7)19-33(30)9/h10-21H,1-9H3/q+1. The monoisotopic (exact) mass is 451 g/mol. The van der Waals surface area contributed by atoms with E-state index in [1.54, 1.807) is 0 Å². The van der Waals surface area contributed by atoms with Crippen molar-refractivity contribution in [2.45, 2.75) is 67.2 Å². The minimum absolute atomic E-state index is 0.402. The molecule has 2 heterocycles. The lowest BCUT2D eigenvalue weighted by molar-refractivity contribution is -0.661. The van der Waals surface area contributed by atoms with Crippen LogP contribution in [0, 0.1) is 27.7 Å². The van der Waals surface area contributed by atoms with Crippen LogP contribution in [0.1, 0.15) is 73.0 Å². The largest absolute Gasteiger partial charge is 0.308 e. The van der Waals surface area contributed by atoms with Crippen LogP contribution in [0.4, 0.5) is 0 Å². The van der Waals surface area contributed by atoms with E-state index >= 15 is 0 Å². The molecule has 0 spiro atoms. The van der Waals surface area contributed by atoms with Crippen LogP contribution in [0.3, 0.4) is 0 Å². The third-order valence-corrected chi connectivity index (χ3v) is 7.10. The van der Waals surface area contributed by atoms with Gasteiger partial charge in [-0.15, -0.1) is 0 Å². The molecule has 4 rings (SSSR count). The molecule has 0 radical (unpaired) electrons. The zero-order valence-electron chi connectivity index (χ0n) is 22.3. The predicted molar refractivity (Wildman–Crippen MR) is 145 cm³/mol. The van der Waals surface area contributed by atoms with Gasteiger partial charge < -0.3 is 4.57 Å². The molecule has 2 aromatic carbocycles. The molecule has 2 nitrogen and oxygen atoms in total. The molecule has 0 saturated heterocycles. The van der Waals surface area contributed by atoms with Gasteiger partial charge in [-0.2, -0.15) is 4.57 Å². The summed E-state index contributed by atoms with van der Waals surface area (Å²) in [6.45, 7) is 18.2. The summed E-state index contributed by atoms with van der Waals surface area (Å²) in [5.41, 5.74) is 14.5. The van der Waals surface area contributed by atoms with Gasteiger partial charge in [-0.1, -0.05) is 58.0 Å². The van der Waals surface area contributed by atoms with Crippen molar-refractivity contribution in [1.29, 1.82) is 0 Å². The van der Waals surface area contributed by atoms with Crippen molar-refractivity contribution in [3.05, 3.63) is 94.3 Å². The molecule has 0 amide bonds. The van der Waals surface area contributed by atoms with Gasteiger partial charge in [0.2, 0.25) is 5.69 Å². The highest BCUT2D eigenvalue weighted by atomic mass is 15.0. The molecule has 34 heavy (non-hydrogen) atoms. The van der Waals surface area contributed by atoms with E-state index in [0.29, 0.717) is 11.8 Å². The Bertz CT molecular complexity index is 1310. The van der Waals surface area contributed by atoms with Crippen molar-refractivity contribution in [1.82, 2.24) is 4.57 Å². The highest BCUT2D eigenvalue weighted by Gasteiger charge is 2.26. The summed E-state index contributed by atoms with van der Waals surface area (Å²) in [6, 6.07) is 20.3. The molecule has 0 unspecified atom stereocenters. The second-order valence-corrected chi connectivity index (χ2v) is 10.5. The Morgan fingerprint density at radius 2 is 1.26 bits per heavy atom. The third-order valence-electron chi connectivity index (χ3n) is 7.10.